The Morgan fingerprint density at radius 1 is 1.24 bits per heavy atom. The van der Waals surface area contributed by atoms with Crippen molar-refractivity contribution in [3.63, 3.8) is 0 Å². The van der Waals surface area contributed by atoms with E-state index in [0.29, 0.717) is 18.9 Å². The Morgan fingerprint density at radius 2 is 2.05 bits per heavy atom. The van der Waals surface area contributed by atoms with E-state index in [1.165, 1.54) is 12.0 Å². The summed E-state index contributed by atoms with van der Waals surface area (Å²) in [5.41, 5.74) is 1.18. The predicted octanol–water partition coefficient (Wildman–Crippen LogP) is 1.93. The van der Waals surface area contributed by atoms with Gasteiger partial charge in [-0.05, 0) is 24.8 Å². The van der Waals surface area contributed by atoms with E-state index in [9.17, 15) is 5.11 Å². The van der Waals surface area contributed by atoms with Gasteiger partial charge in [-0.2, -0.15) is 4.98 Å². The van der Waals surface area contributed by atoms with Gasteiger partial charge in [0.25, 0.3) is 0 Å². The summed E-state index contributed by atoms with van der Waals surface area (Å²) in [6, 6.07) is 10.4. The molecule has 4 rings (SSSR count). The number of nitrogens with one attached hydrogen (secondary N) is 1. The number of aliphatic hydroxyl groups is 1. The third kappa shape index (κ3) is 2.08. The normalized spacial score (nSPS) is 27.5. The number of benzene rings is 1. The van der Waals surface area contributed by atoms with Crippen LogP contribution >= 0.6 is 0 Å². The lowest BCUT2D eigenvalue weighted by Crippen LogP contribution is -2.36. The van der Waals surface area contributed by atoms with E-state index in [1.54, 1.807) is 0 Å². The summed E-state index contributed by atoms with van der Waals surface area (Å²) in [7, 11) is 0. The van der Waals surface area contributed by atoms with Gasteiger partial charge < -0.3 is 14.9 Å². The number of rotatable bonds is 3. The molecule has 1 aromatic heterocycles. The van der Waals surface area contributed by atoms with Crippen molar-refractivity contribution >= 4 is 0 Å². The van der Waals surface area contributed by atoms with Gasteiger partial charge in [0, 0.05) is 6.54 Å². The fraction of sp³-hybridized carbons (Fsp3) is 0.500. The number of hydrogen-bond acceptors (Lipinski definition) is 5. The molecule has 0 bridgehead atoms. The molecule has 2 N–H and O–H groups in total. The van der Waals surface area contributed by atoms with Gasteiger partial charge in [0.2, 0.25) is 5.89 Å². The molecule has 1 saturated heterocycles. The zero-order valence-electron chi connectivity index (χ0n) is 11.8. The Morgan fingerprint density at radius 3 is 2.67 bits per heavy atom. The highest BCUT2D eigenvalue weighted by Gasteiger charge is 2.45. The zero-order valence-corrected chi connectivity index (χ0v) is 11.8. The van der Waals surface area contributed by atoms with Gasteiger partial charge in [-0.3, -0.25) is 0 Å². The number of aromatic nitrogens is 2. The van der Waals surface area contributed by atoms with Crippen molar-refractivity contribution in [2.75, 3.05) is 6.54 Å². The highest BCUT2D eigenvalue weighted by molar-refractivity contribution is 5.35. The summed E-state index contributed by atoms with van der Waals surface area (Å²) >= 11 is 0. The first-order valence-electron chi connectivity index (χ1n) is 7.59. The van der Waals surface area contributed by atoms with Crippen molar-refractivity contribution in [2.45, 2.75) is 43.2 Å². The minimum absolute atomic E-state index is 0.0193. The molecule has 2 heterocycles. The first-order valence-corrected chi connectivity index (χ1v) is 7.59. The molecule has 1 aliphatic carbocycles. The van der Waals surface area contributed by atoms with Crippen molar-refractivity contribution in [1.29, 1.82) is 0 Å². The second kappa shape index (κ2) is 4.93. The van der Waals surface area contributed by atoms with E-state index < -0.39 is 0 Å². The lowest BCUT2D eigenvalue weighted by molar-refractivity contribution is 0.191. The average molecular weight is 285 g/mol. The van der Waals surface area contributed by atoms with Crippen LogP contribution in [0.4, 0.5) is 0 Å². The summed E-state index contributed by atoms with van der Waals surface area (Å²) in [5, 5.41) is 17.1. The Kier molecular flexibility index (Phi) is 3.05. The lowest BCUT2D eigenvalue weighted by atomic mass is 9.64. The largest absolute Gasteiger partial charge is 0.392 e. The molecule has 1 aromatic carbocycles. The molecule has 110 valence electrons. The van der Waals surface area contributed by atoms with Gasteiger partial charge in [0.05, 0.1) is 17.6 Å². The first-order chi connectivity index (χ1) is 10.3. The molecule has 2 aliphatic rings. The summed E-state index contributed by atoms with van der Waals surface area (Å²) in [6.07, 6.45) is 3.64. The van der Waals surface area contributed by atoms with Crippen LogP contribution in [-0.2, 0) is 5.41 Å². The molecule has 0 radical (unpaired) electrons. The molecule has 0 spiro atoms. The molecular formula is C16H19N3O2. The molecule has 0 unspecified atom stereocenters. The SMILES string of the molecule is O[C@@H]1CN[C@@H](c2nc(C3(c4ccccc4)CCC3)no2)C1. The maximum Gasteiger partial charge on any atom is 0.243 e. The van der Waals surface area contributed by atoms with Crippen LogP contribution in [0, 0.1) is 0 Å². The van der Waals surface area contributed by atoms with Crippen LogP contribution in [0.3, 0.4) is 0 Å². The molecule has 2 atom stereocenters. The average Bonchev–Trinajstić information content (AvgIpc) is 3.08. The van der Waals surface area contributed by atoms with E-state index in [2.05, 4.69) is 39.7 Å². The maximum atomic E-state index is 9.61. The molecule has 5 heteroatoms. The van der Waals surface area contributed by atoms with Crippen LogP contribution in [0.15, 0.2) is 34.9 Å². The minimum Gasteiger partial charge on any atom is -0.392 e. The van der Waals surface area contributed by atoms with E-state index in [-0.39, 0.29) is 17.6 Å². The lowest BCUT2D eigenvalue weighted by Gasteiger charge is -2.39. The summed E-state index contributed by atoms with van der Waals surface area (Å²) in [5.74, 6) is 1.39. The third-order valence-electron chi connectivity index (χ3n) is 4.81. The van der Waals surface area contributed by atoms with Crippen LogP contribution in [0.25, 0.3) is 0 Å². The van der Waals surface area contributed by atoms with Gasteiger partial charge >= 0.3 is 0 Å². The Labute approximate surface area is 123 Å². The molecule has 5 nitrogen and oxygen atoms in total. The van der Waals surface area contributed by atoms with Gasteiger partial charge in [-0.1, -0.05) is 41.9 Å². The van der Waals surface area contributed by atoms with Gasteiger partial charge in [0.1, 0.15) is 0 Å². The molecule has 2 fully saturated rings. The molecule has 1 aliphatic heterocycles. The Bertz CT molecular complexity index is 621. The van der Waals surface area contributed by atoms with Crippen LogP contribution < -0.4 is 5.32 Å². The van der Waals surface area contributed by atoms with Gasteiger partial charge in [0.15, 0.2) is 5.82 Å². The van der Waals surface area contributed by atoms with Crippen molar-refractivity contribution in [1.82, 2.24) is 15.5 Å². The van der Waals surface area contributed by atoms with Crippen LogP contribution in [0.1, 0.15) is 49.0 Å². The standard InChI is InChI=1S/C16H19N3O2/c20-12-9-13(17-10-12)14-18-15(19-21-14)16(7-4-8-16)11-5-2-1-3-6-11/h1-3,5-6,12-13,17,20H,4,7-10H2/t12-,13+/m0/s1. The molecule has 0 amide bonds. The zero-order chi connectivity index (χ0) is 14.3. The second-order valence-electron chi connectivity index (χ2n) is 6.11. The number of aliphatic hydroxyl groups excluding tert-OH is 1. The monoisotopic (exact) mass is 285 g/mol. The predicted molar refractivity (Wildman–Crippen MR) is 76.7 cm³/mol. The molecule has 2 aromatic rings. The summed E-state index contributed by atoms with van der Waals surface area (Å²) in [4.78, 5) is 4.65. The Balaban J connectivity index is 1.65. The van der Waals surface area contributed by atoms with Crippen LogP contribution in [0.5, 0.6) is 0 Å². The van der Waals surface area contributed by atoms with Crippen molar-refractivity contribution in [3.05, 3.63) is 47.6 Å². The number of nitrogens with zero attached hydrogens (tertiary/aromatic N) is 2. The number of β-amino-alcohol motifs (C(OH)–C–C–N with tert-alkyl or cyclic N) is 1. The summed E-state index contributed by atoms with van der Waals surface area (Å²) < 4.78 is 5.47. The van der Waals surface area contributed by atoms with E-state index in [1.807, 2.05) is 6.07 Å². The topological polar surface area (TPSA) is 71.2 Å². The van der Waals surface area contributed by atoms with Gasteiger partial charge in [-0.25, -0.2) is 0 Å². The van der Waals surface area contributed by atoms with E-state index in [0.717, 1.165) is 18.7 Å². The van der Waals surface area contributed by atoms with Crippen LogP contribution in [-0.4, -0.2) is 27.9 Å². The van der Waals surface area contributed by atoms with Gasteiger partial charge in [-0.15, -0.1) is 0 Å². The molecular weight excluding hydrogens is 266 g/mol. The van der Waals surface area contributed by atoms with Crippen LogP contribution in [0.2, 0.25) is 0 Å². The highest BCUT2D eigenvalue weighted by atomic mass is 16.5. The van der Waals surface area contributed by atoms with Crippen molar-refractivity contribution in [2.24, 2.45) is 0 Å². The first kappa shape index (κ1) is 13.0. The van der Waals surface area contributed by atoms with Crippen molar-refractivity contribution in [3.8, 4) is 0 Å². The fourth-order valence-electron chi connectivity index (χ4n) is 3.41. The van der Waals surface area contributed by atoms with Crippen molar-refractivity contribution < 1.29 is 9.63 Å². The van der Waals surface area contributed by atoms with E-state index >= 15 is 0 Å². The summed E-state index contributed by atoms with van der Waals surface area (Å²) in [6.45, 7) is 0.589. The highest BCUT2D eigenvalue weighted by Crippen LogP contribution is 2.47. The quantitative estimate of drug-likeness (QED) is 0.901. The van der Waals surface area contributed by atoms with E-state index in [4.69, 9.17) is 4.52 Å². The fourth-order valence-corrected chi connectivity index (χ4v) is 3.41. The maximum absolute atomic E-state index is 9.61. The Hall–Kier alpha value is -1.72. The second-order valence-corrected chi connectivity index (χ2v) is 6.11. The smallest absolute Gasteiger partial charge is 0.243 e. The minimum atomic E-state index is -0.322. The number of hydrogen-bond donors (Lipinski definition) is 2. The molecule has 1 saturated carbocycles. The third-order valence-corrected chi connectivity index (χ3v) is 4.81. The molecule has 21 heavy (non-hydrogen) atoms.